The van der Waals surface area contributed by atoms with Crippen LogP contribution in [0.5, 0.6) is 0 Å². The van der Waals surface area contributed by atoms with Crippen LogP contribution in [0.15, 0.2) is 0 Å². The fourth-order valence-corrected chi connectivity index (χ4v) is 5.33. The van der Waals surface area contributed by atoms with E-state index in [1.54, 1.807) is 0 Å². The molecule has 0 amide bonds. The van der Waals surface area contributed by atoms with Crippen molar-refractivity contribution >= 4 is 5.78 Å². The van der Waals surface area contributed by atoms with Crippen LogP contribution >= 0.6 is 0 Å². The zero-order valence-corrected chi connectivity index (χ0v) is 11.2. The van der Waals surface area contributed by atoms with Gasteiger partial charge in [-0.1, -0.05) is 0 Å². The fraction of sp³-hybridized carbons (Fsp3) is 0.933. The molecule has 4 bridgehead atoms. The summed E-state index contributed by atoms with van der Waals surface area (Å²) < 4.78 is 0. The lowest BCUT2D eigenvalue weighted by Crippen LogP contribution is -2.47. The number of Topliss-reactive ketones (excluding diaryl/α,β-unsaturated/α-hetero) is 1. The fourth-order valence-electron chi connectivity index (χ4n) is 5.33. The molecular formula is C15H25NO. The van der Waals surface area contributed by atoms with E-state index in [4.69, 9.17) is 0 Å². The highest BCUT2D eigenvalue weighted by molar-refractivity contribution is 5.81. The van der Waals surface area contributed by atoms with Crippen LogP contribution in [-0.2, 0) is 4.79 Å². The third-order valence-electron chi connectivity index (χ3n) is 5.23. The highest BCUT2D eigenvalue weighted by Gasteiger charge is 2.51. The Morgan fingerprint density at radius 2 is 1.53 bits per heavy atom. The second-order valence-corrected chi connectivity index (χ2v) is 7.37. The van der Waals surface area contributed by atoms with Gasteiger partial charge in [-0.05, 0) is 75.8 Å². The number of ketones is 1. The van der Waals surface area contributed by atoms with Crippen molar-refractivity contribution in [3.8, 4) is 0 Å². The van der Waals surface area contributed by atoms with Crippen molar-refractivity contribution < 1.29 is 4.79 Å². The van der Waals surface area contributed by atoms with E-state index >= 15 is 0 Å². The summed E-state index contributed by atoms with van der Waals surface area (Å²) in [6.45, 7) is 0.641. The minimum atomic E-state index is 0.432. The van der Waals surface area contributed by atoms with Crippen LogP contribution in [-0.4, -0.2) is 31.3 Å². The van der Waals surface area contributed by atoms with E-state index in [0.717, 1.165) is 24.2 Å². The average Bonchev–Trinajstić information content (AvgIpc) is 2.11. The van der Waals surface area contributed by atoms with Gasteiger partial charge >= 0.3 is 0 Å². The van der Waals surface area contributed by atoms with Crippen LogP contribution in [0, 0.1) is 23.2 Å². The van der Waals surface area contributed by atoms with Gasteiger partial charge in [-0.2, -0.15) is 0 Å². The Kier molecular flexibility index (Phi) is 2.81. The number of carbonyl (C=O) groups excluding carboxylic acids is 1. The molecule has 0 aromatic heterocycles. The molecule has 0 saturated heterocycles. The van der Waals surface area contributed by atoms with Crippen molar-refractivity contribution in [2.45, 2.75) is 44.9 Å². The second-order valence-electron chi connectivity index (χ2n) is 7.37. The van der Waals surface area contributed by atoms with Gasteiger partial charge in [-0.3, -0.25) is 4.79 Å². The summed E-state index contributed by atoms with van der Waals surface area (Å²) in [7, 11) is 4.00. The summed E-state index contributed by atoms with van der Waals surface area (Å²) in [5, 5.41) is 0. The molecule has 0 aromatic rings. The first kappa shape index (κ1) is 11.7. The molecule has 0 N–H and O–H groups in total. The van der Waals surface area contributed by atoms with Crippen LogP contribution in [0.4, 0.5) is 0 Å². The number of hydrogen-bond donors (Lipinski definition) is 0. The summed E-state index contributed by atoms with van der Waals surface area (Å²) >= 11 is 0. The van der Waals surface area contributed by atoms with E-state index in [0.29, 0.717) is 17.7 Å². The summed E-state index contributed by atoms with van der Waals surface area (Å²) in [5.74, 6) is 3.37. The third-order valence-corrected chi connectivity index (χ3v) is 5.23. The number of nitrogens with zero attached hydrogens (tertiary/aromatic N) is 1. The molecule has 0 aromatic carbocycles. The zero-order valence-electron chi connectivity index (χ0n) is 11.2. The molecule has 4 saturated carbocycles. The smallest absolute Gasteiger partial charge is 0.147 e. The maximum absolute atomic E-state index is 12.1. The zero-order chi connectivity index (χ0) is 12.0. The first-order valence-electron chi connectivity index (χ1n) is 7.21. The lowest BCUT2D eigenvalue weighted by atomic mass is 9.48. The summed E-state index contributed by atoms with van der Waals surface area (Å²) in [4.78, 5) is 14.1. The molecule has 4 aliphatic carbocycles. The molecule has 0 unspecified atom stereocenters. The highest BCUT2D eigenvalue weighted by atomic mass is 16.1. The monoisotopic (exact) mass is 235 g/mol. The van der Waals surface area contributed by atoms with Gasteiger partial charge < -0.3 is 4.90 Å². The Labute approximate surface area is 105 Å². The Bertz CT molecular complexity index is 286. The lowest BCUT2D eigenvalue weighted by Gasteiger charge is -2.56. The van der Waals surface area contributed by atoms with Crippen LogP contribution < -0.4 is 0 Å². The van der Waals surface area contributed by atoms with Crippen LogP contribution in [0.25, 0.3) is 0 Å². The van der Waals surface area contributed by atoms with Crippen LogP contribution in [0.2, 0.25) is 0 Å². The van der Waals surface area contributed by atoms with Crippen molar-refractivity contribution in [2.24, 2.45) is 23.2 Å². The predicted molar refractivity (Wildman–Crippen MR) is 68.8 cm³/mol. The average molecular weight is 235 g/mol. The molecule has 0 heterocycles. The quantitative estimate of drug-likeness (QED) is 0.747. The maximum atomic E-state index is 12.1. The molecule has 96 valence electrons. The van der Waals surface area contributed by atoms with Crippen LogP contribution in [0.3, 0.4) is 0 Å². The van der Waals surface area contributed by atoms with E-state index < -0.39 is 0 Å². The van der Waals surface area contributed by atoms with Gasteiger partial charge in [-0.25, -0.2) is 0 Å². The standard InChI is InChI=1S/C15H25NO/c1-16(2)10-14(17)9-15-6-11-3-12(7-15)5-13(4-11)8-15/h11-13H,3-10H2,1-2H3. The molecule has 0 atom stereocenters. The molecule has 4 rings (SSSR count). The minimum absolute atomic E-state index is 0.432. The van der Waals surface area contributed by atoms with E-state index in [1.165, 1.54) is 38.5 Å². The molecular weight excluding hydrogens is 210 g/mol. The molecule has 0 spiro atoms. The van der Waals surface area contributed by atoms with Crippen molar-refractivity contribution in [1.82, 2.24) is 4.90 Å². The summed E-state index contributed by atoms with van der Waals surface area (Å²) in [5.41, 5.74) is 0.432. The number of hydrogen-bond acceptors (Lipinski definition) is 2. The largest absolute Gasteiger partial charge is 0.302 e. The number of likely N-dealkylation sites (N-methyl/N-ethyl adjacent to an activating group) is 1. The molecule has 4 fully saturated rings. The van der Waals surface area contributed by atoms with Crippen molar-refractivity contribution in [3.05, 3.63) is 0 Å². The predicted octanol–water partition coefficient (Wildman–Crippen LogP) is 2.72. The Hall–Kier alpha value is -0.370. The number of rotatable bonds is 4. The summed E-state index contributed by atoms with van der Waals surface area (Å²) in [6, 6.07) is 0. The van der Waals surface area contributed by atoms with E-state index in [-0.39, 0.29) is 0 Å². The first-order chi connectivity index (χ1) is 8.05. The highest BCUT2D eigenvalue weighted by Crippen LogP contribution is 2.61. The normalized spacial score (nSPS) is 43.4. The minimum Gasteiger partial charge on any atom is -0.302 e. The van der Waals surface area contributed by atoms with E-state index in [9.17, 15) is 4.79 Å². The third kappa shape index (κ3) is 2.29. The first-order valence-corrected chi connectivity index (χ1v) is 7.21. The lowest BCUT2D eigenvalue weighted by molar-refractivity contribution is -0.127. The van der Waals surface area contributed by atoms with Gasteiger partial charge in [0.1, 0.15) is 5.78 Å². The molecule has 2 nitrogen and oxygen atoms in total. The van der Waals surface area contributed by atoms with E-state index in [1.807, 2.05) is 19.0 Å². The molecule has 0 radical (unpaired) electrons. The van der Waals surface area contributed by atoms with E-state index in [2.05, 4.69) is 0 Å². The number of carbonyl (C=O) groups is 1. The summed E-state index contributed by atoms with van der Waals surface area (Å²) in [6.07, 6.45) is 9.37. The Morgan fingerprint density at radius 1 is 1.06 bits per heavy atom. The molecule has 2 heteroatoms. The van der Waals surface area contributed by atoms with Gasteiger partial charge in [0.25, 0.3) is 0 Å². The maximum Gasteiger partial charge on any atom is 0.147 e. The van der Waals surface area contributed by atoms with Gasteiger partial charge in [0.05, 0.1) is 6.54 Å². The second kappa shape index (κ2) is 4.08. The Morgan fingerprint density at radius 3 is 1.94 bits per heavy atom. The SMILES string of the molecule is CN(C)CC(=O)CC12CC3CC(CC(C3)C1)C2. The topological polar surface area (TPSA) is 20.3 Å². The van der Waals surface area contributed by atoms with Gasteiger partial charge in [0.2, 0.25) is 0 Å². The van der Waals surface area contributed by atoms with Gasteiger partial charge in [0, 0.05) is 6.42 Å². The van der Waals surface area contributed by atoms with Gasteiger partial charge in [0.15, 0.2) is 0 Å². The van der Waals surface area contributed by atoms with Gasteiger partial charge in [-0.15, -0.1) is 0 Å². The molecule has 4 aliphatic rings. The Balaban J connectivity index is 1.68. The van der Waals surface area contributed by atoms with Crippen molar-refractivity contribution in [3.63, 3.8) is 0 Å². The molecule has 0 aliphatic heterocycles. The molecule has 17 heavy (non-hydrogen) atoms. The van der Waals surface area contributed by atoms with Crippen LogP contribution in [0.1, 0.15) is 44.9 Å². The van der Waals surface area contributed by atoms with Crippen molar-refractivity contribution in [1.29, 1.82) is 0 Å². The van der Waals surface area contributed by atoms with Crippen molar-refractivity contribution in [2.75, 3.05) is 20.6 Å².